The third-order valence-electron chi connectivity index (χ3n) is 2.85. The molecule has 0 saturated heterocycles. The van der Waals surface area contributed by atoms with Crippen LogP contribution in [0.15, 0.2) is 28.7 Å². The van der Waals surface area contributed by atoms with Gasteiger partial charge in [-0.3, -0.25) is 0 Å². The van der Waals surface area contributed by atoms with E-state index in [1.807, 2.05) is 0 Å². The number of amides is 2. The quantitative estimate of drug-likeness (QED) is 0.804. The molecule has 0 spiro atoms. The molecule has 6 heteroatoms. The van der Waals surface area contributed by atoms with Crippen molar-refractivity contribution >= 4 is 17.0 Å². The lowest BCUT2D eigenvalue weighted by molar-refractivity contribution is 0.186. The SMILES string of the molecule is CC(NC(=O)NC[C@@H](C)O)c1cc2cccc(F)c2o1. The maximum atomic E-state index is 13.5. The minimum absolute atomic E-state index is 0.160. The zero-order chi connectivity index (χ0) is 14.7. The second-order valence-corrected chi connectivity index (χ2v) is 4.73. The first-order valence-electron chi connectivity index (χ1n) is 6.37. The molecule has 1 unspecified atom stereocenters. The summed E-state index contributed by atoms with van der Waals surface area (Å²) in [6.45, 7) is 3.47. The van der Waals surface area contributed by atoms with Crippen molar-refractivity contribution < 1.29 is 18.7 Å². The summed E-state index contributed by atoms with van der Waals surface area (Å²) in [5.74, 6) is 0.0387. The van der Waals surface area contributed by atoms with Gasteiger partial charge in [-0.05, 0) is 26.0 Å². The number of fused-ring (bicyclic) bond motifs is 1. The van der Waals surface area contributed by atoms with Gasteiger partial charge < -0.3 is 20.2 Å². The van der Waals surface area contributed by atoms with E-state index in [-0.39, 0.29) is 12.1 Å². The van der Waals surface area contributed by atoms with E-state index in [9.17, 15) is 9.18 Å². The average Bonchev–Trinajstić information content (AvgIpc) is 2.82. The molecule has 20 heavy (non-hydrogen) atoms. The number of furan rings is 1. The van der Waals surface area contributed by atoms with Crippen LogP contribution >= 0.6 is 0 Å². The molecule has 2 rings (SSSR count). The van der Waals surface area contributed by atoms with Crippen molar-refractivity contribution in [1.29, 1.82) is 0 Å². The largest absolute Gasteiger partial charge is 0.456 e. The van der Waals surface area contributed by atoms with Crippen LogP contribution in [0.2, 0.25) is 0 Å². The third-order valence-corrected chi connectivity index (χ3v) is 2.85. The predicted molar refractivity (Wildman–Crippen MR) is 72.8 cm³/mol. The Morgan fingerprint density at radius 1 is 1.45 bits per heavy atom. The number of carbonyl (C=O) groups excluding carboxylic acids is 1. The summed E-state index contributed by atoms with van der Waals surface area (Å²) in [5.41, 5.74) is 0.181. The van der Waals surface area contributed by atoms with Crippen LogP contribution in [0.1, 0.15) is 25.6 Å². The fraction of sp³-hybridized carbons (Fsp3) is 0.357. The van der Waals surface area contributed by atoms with Crippen molar-refractivity contribution in [2.24, 2.45) is 0 Å². The molecular weight excluding hydrogens is 263 g/mol. The Bertz CT molecular complexity index is 609. The van der Waals surface area contributed by atoms with Gasteiger partial charge in [0.25, 0.3) is 0 Å². The van der Waals surface area contributed by atoms with Gasteiger partial charge in [0.1, 0.15) is 5.76 Å². The van der Waals surface area contributed by atoms with Crippen LogP contribution in [0.25, 0.3) is 11.0 Å². The van der Waals surface area contributed by atoms with Gasteiger partial charge in [-0.15, -0.1) is 0 Å². The Balaban J connectivity index is 2.06. The lowest BCUT2D eigenvalue weighted by atomic mass is 10.2. The van der Waals surface area contributed by atoms with Gasteiger partial charge in [0, 0.05) is 11.9 Å². The monoisotopic (exact) mass is 280 g/mol. The summed E-state index contributed by atoms with van der Waals surface area (Å²) >= 11 is 0. The number of halogens is 1. The molecular formula is C14H17FN2O3. The van der Waals surface area contributed by atoms with Gasteiger partial charge in [-0.2, -0.15) is 0 Å². The van der Waals surface area contributed by atoms with Crippen LogP contribution < -0.4 is 10.6 Å². The number of para-hydroxylation sites is 1. The van der Waals surface area contributed by atoms with Gasteiger partial charge in [0.2, 0.25) is 0 Å². The fourth-order valence-corrected chi connectivity index (χ4v) is 1.82. The highest BCUT2D eigenvalue weighted by atomic mass is 19.1. The second kappa shape index (κ2) is 5.92. The first-order valence-corrected chi connectivity index (χ1v) is 6.37. The van der Waals surface area contributed by atoms with E-state index in [2.05, 4.69) is 10.6 Å². The maximum absolute atomic E-state index is 13.5. The molecule has 5 nitrogen and oxygen atoms in total. The molecule has 1 aromatic heterocycles. The van der Waals surface area contributed by atoms with Gasteiger partial charge >= 0.3 is 6.03 Å². The van der Waals surface area contributed by atoms with Crippen molar-refractivity contribution in [1.82, 2.24) is 10.6 Å². The summed E-state index contributed by atoms with van der Waals surface area (Å²) in [6, 6.07) is 5.53. The molecule has 1 aromatic carbocycles. The first kappa shape index (κ1) is 14.3. The molecule has 0 radical (unpaired) electrons. The summed E-state index contributed by atoms with van der Waals surface area (Å²) in [4.78, 5) is 11.6. The molecule has 3 N–H and O–H groups in total. The summed E-state index contributed by atoms with van der Waals surface area (Å²) in [5, 5.41) is 14.9. The molecule has 1 heterocycles. The molecule has 108 valence electrons. The lowest BCUT2D eigenvalue weighted by Gasteiger charge is -2.13. The van der Waals surface area contributed by atoms with Crippen molar-refractivity contribution in [2.75, 3.05) is 6.54 Å². The van der Waals surface area contributed by atoms with Crippen LogP contribution in [-0.2, 0) is 0 Å². The van der Waals surface area contributed by atoms with E-state index in [1.54, 1.807) is 32.0 Å². The molecule has 0 aliphatic heterocycles. The van der Waals surface area contributed by atoms with Gasteiger partial charge in [-0.1, -0.05) is 12.1 Å². The maximum Gasteiger partial charge on any atom is 0.315 e. The summed E-state index contributed by atoms with van der Waals surface area (Å²) in [6.07, 6.45) is -0.614. The molecule has 0 aliphatic carbocycles. The van der Waals surface area contributed by atoms with Gasteiger partial charge in [0.05, 0.1) is 12.1 Å². The van der Waals surface area contributed by atoms with E-state index in [1.165, 1.54) is 6.07 Å². The Kier molecular flexibility index (Phi) is 4.24. The summed E-state index contributed by atoms with van der Waals surface area (Å²) in [7, 11) is 0. The van der Waals surface area contributed by atoms with Crippen LogP contribution in [0, 0.1) is 5.82 Å². The van der Waals surface area contributed by atoms with Crippen LogP contribution in [0.4, 0.5) is 9.18 Å². The van der Waals surface area contributed by atoms with E-state index >= 15 is 0 Å². The standard InChI is InChI=1S/C14H17FN2O3/c1-8(18)7-16-14(19)17-9(2)12-6-10-4-3-5-11(15)13(10)20-12/h3-6,8-9,18H,7H2,1-2H3,(H2,16,17,19)/t8-,9?/m1/s1. The van der Waals surface area contributed by atoms with Crippen molar-refractivity contribution in [2.45, 2.75) is 26.0 Å². The molecule has 0 fully saturated rings. The highest BCUT2D eigenvalue weighted by Crippen LogP contribution is 2.25. The van der Waals surface area contributed by atoms with E-state index < -0.39 is 24.0 Å². The average molecular weight is 280 g/mol. The number of hydrogen-bond donors (Lipinski definition) is 3. The van der Waals surface area contributed by atoms with Crippen molar-refractivity contribution in [3.05, 3.63) is 35.8 Å². The molecule has 2 amide bonds. The molecule has 0 aliphatic rings. The highest BCUT2D eigenvalue weighted by molar-refractivity contribution is 5.79. The highest BCUT2D eigenvalue weighted by Gasteiger charge is 2.15. The number of benzene rings is 1. The van der Waals surface area contributed by atoms with Gasteiger partial charge in [0.15, 0.2) is 11.4 Å². The lowest BCUT2D eigenvalue weighted by Crippen LogP contribution is -2.40. The minimum atomic E-state index is -0.614. The normalized spacial score (nSPS) is 14.0. The number of urea groups is 1. The Morgan fingerprint density at radius 2 is 2.20 bits per heavy atom. The number of carbonyl (C=O) groups is 1. The van der Waals surface area contributed by atoms with Crippen LogP contribution in [0.3, 0.4) is 0 Å². The topological polar surface area (TPSA) is 74.5 Å². The predicted octanol–water partition coefficient (Wildman–Crippen LogP) is 2.31. The Morgan fingerprint density at radius 3 is 2.85 bits per heavy atom. The second-order valence-electron chi connectivity index (χ2n) is 4.73. The van der Waals surface area contributed by atoms with E-state index in [4.69, 9.17) is 9.52 Å². The Hall–Kier alpha value is -2.08. The number of aliphatic hydroxyl groups excluding tert-OH is 1. The smallest absolute Gasteiger partial charge is 0.315 e. The van der Waals surface area contributed by atoms with E-state index in [0.29, 0.717) is 11.1 Å². The Labute approximate surface area is 115 Å². The number of aliphatic hydroxyl groups is 1. The van der Waals surface area contributed by atoms with E-state index in [0.717, 1.165) is 0 Å². The van der Waals surface area contributed by atoms with Crippen molar-refractivity contribution in [3.8, 4) is 0 Å². The fourth-order valence-electron chi connectivity index (χ4n) is 1.82. The number of nitrogens with one attached hydrogen (secondary N) is 2. The van der Waals surface area contributed by atoms with Gasteiger partial charge in [-0.25, -0.2) is 9.18 Å². The van der Waals surface area contributed by atoms with Crippen LogP contribution in [0.5, 0.6) is 0 Å². The number of rotatable bonds is 4. The molecule has 2 aromatic rings. The zero-order valence-electron chi connectivity index (χ0n) is 11.3. The zero-order valence-corrected chi connectivity index (χ0v) is 11.3. The minimum Gasteiger partial charge on any atom is -0.456 e. The van der Waals surface area contributed by atoms with Crippen molar-refractivity contribution in [3.63, 3.8) is 0 Å². The third kappa shape index (κ3) is 3.27. The molecule has 0 saturated carbocycles. The molecule has 0 bridgehead atoms. The number of hydrogen-bond acceptors (Lipinski definition) is 3. The van der Waals surface area contributed by atoms with Crippen LogP contribution in [-0.4, -0.2) is 23.8 Å². The summed E-state index contributed by atoms with van der Waals surface area (Å²) < 4.78 is 18.9. The first-order chi connectivity index (χ1) is 9.47. The molecule has 2 atom stereocenters.